The summed E-state index contributed by atoms with van der Waals surface area (Å²) in [5, 5.41) is -0.723. The minimum atomic E-state index is -1.96. The van der Waals surface area contributed by atoms with Crippen LogP contribution >= 0.6 is 11.6 Å². The van der Waals surface area contributed by atoms with Crippen LogP contribution in [0.2, 0.25) is 5.02 Å². The molecule has 1 aliphatic rings. The predicted molar refractivity (Wildman–Crippen MR) is 160 cm³/mol. The summed E-state index contributed by atoms with van der Waals surface area (Å²) in [5.74, 6) is -7.01. The Morgan fingerprint density at radius 2 is 1.86 bits per heavy atom. The average Bonchev–Trinajstić information content (AvgIpc) is 2.99. The Labute approximate surface area is 254 Å². The van der Waals surface area contributed by atoms with Crippen molar-refractivity contribution in [3.63, 3.8) is 0 Å². The van der Waals surface area contributed by atoms with E-state index in [0.717, 1.165) is 10.6 Å². The van der Waals surface area contributed by atoms with Gasteiger partial charge in [0.2, 0.25) is 5.91 Å². The second kappa shape index (κ2) is 11.5. The van der Waals surface area contributed by atoms with Gasteiger partial charge in [0.15, 0.2) is 28.9 Å². The molecular formula is C30H28ClF4N7O2. The van der Waals surface area contributed by atoms with Gasteiger partial charge in [-0.2, -0.15) is 4.98 Å². The molecule has 0 aliphatic carbocycles. The van der Waals surface area contributed by atoms with E-state index in [1.165, 1.54) is 6.08 Å². The Kier molecular flexibility index (Phi) is 8.10. The smallest absolute Gasteiger partial charge is 0.355 e. The number of piperazine rings is 1. The lowest BCUT2D eigenvalue weighted by molar-refractivity contribution is -0.128. The molecule has 1 aliphatic heterocycles. The largest absolute Gasteiger partial charge is 0.395 e. The van der Waals surface area contributed by atoms with Gasteiger partial charge < -0.3 is 15.5 Å². The van der Waals surface area contributed by atoms with E-state index < -0.39 is 50.9 Å². The van der Waals surface area contributed by atoms with E-state index in [9.17, 15) is 18.4 Å². The van der Waals surface area contributed by atoms with Crippen molar-refractivity contribution in [1.82, 2.24) is 24.4 Å². The number of halogens is 5. The number of aromatic nitrogens is 4. The predicted octanol–water partition coefficient (Wildman–Crippen LogP) is 5.29. The third kappa shape index (κ3) is 4.94. The molecule has 1 amide bonds. The van der Waals surface area contributed by atoms with Crippen LogP contribution < -0.4 is 16.3 Å². The first-order valence-corrected chi connectivity index (χ1v) is 14.0. The lowest BCUT2D eigenvalue weighted by atomic mass is 10.0. The summed E-state index contributed by atoms with van der Waals surface area (Å²) in [6.45, 7) is 11.5. The molecule has 230 valence electrons. The molecule has 2 N–H and O–H groups in total. The number of pyridine rings is 2. The Bertz CT molecular complexity index is 1880. The number of nitrogens with zero attached hydrogens (tertiary/aromatic N) is 6. The molecule has 1 fully saturated rings. The molecule has 3 aromatic heterocycles. The quantitative estimate of drug-likeness (QED) is 0.105. The molecule has 0 saturated carbocycles. The van der Waals surface area contributed by atoms with Crippen molar-refractivity contribution < 1.29 is 22.4 Å². The summed E-state index contributed by atoms with van der Waals surface area (Å²) in [4.78, 5) is 42.6. The third-order valence-corrected chi connectivity index (χ3v) is 8.04. The second-order valence-electron chi connectivity index (χ2n) is 10.8. The molecule has 0 unspecified atom stereocenters. The summed E-state index contributed by atoms with van der Waals surface area (Å²) in [7, 11) is 0. The van der Waals surface area contributed by atoms with Crippen molar-refractivity contribution in [2.24, 2.45) is 0 Å². The number of carbonyl (C=O) groups is 1. The Morgan fingerprint density at radius 1 is 1.16 bits per heavy atom. The SMILES string of the molecule is C=CC(=O)N1CCN(c2nc(=O)n(-c3c(C)ccnc3C(C)C)c3nc(-c4c(F)c(F)c(F)c(N)c4Cl)c(F)cc23)C[C@H]1C. The Morgan fingerprint density at radius 3 is 2.50 bits per heavy atom. The van der Waals surface area contributed by atoms with Gasteiger partial charge in [-0.1, -0.05) is 32.0 Å². The van der Waals surface area contributed by atoms with Crippen LogP contribution in [0, 0.1) is 30.2 Å². The third-order valence-electron chi connectivity index (χ3n) is 7.65. The number of nitrogens with two attached hydrogens (primary N) is 1. The van der Waals surface area contributed by atoms with Gasteiger partial charge in [-0.25, -0.2) is 31.9 Å². The Balaban J connectivity index is 1.86. The molecule has 4 aromatic rings. The van der Waals surface area contributed by atoms with Gasteiger partial charge in [0.1, 0.15) is 11.5 Å². The second-order valence-corrected chi connectivity index (χ2v) is 11.2. The van der Waals surface area contributed by atoms with E-state index >= 15 is 8.78 Å². The molecule has 0 radical (unpaired) electrons. The zero-order valence-electron chi connectivity index (χ0n) is 24.3. The zero-order chi connectivity index (χ0) is 32.2. The van der Waals surface area contributed by atoms with Crippen molar-refractivity contribution in [3.8, 4) is 16.9 Å². The number of fused-ring (bicyclic) bond motifs is 1. The Hall–Kier alpha value is -4.52. The van der Waals surface area contributed by atoms with Gasteiger partial charge in [-0.15, -0.1) is 0 Å². The highest BCUT2D eigenvalue weighted by Gasteiger charge is 2.32. The highest BCUT2D eigenvalue weighted by molar-refractivity contribution is 6.35. The maximum Gasteiger partial charge on any atom is 0.355 e. The number of benzene rings is 1. The summed E-state index contributed by atoms with van der Waals surface area (Å²) in [5.41, 5.74) is 3.42. The maximum absolute atomic E-state index is 15.9. The first-order chi connectivity index (χ1) is 20.8. The average molecular weight is 630 g/mol. The van der Waals surface area contributed by atoms with Crippen molar-refractivity contribution in [2.75, 3.05) is 30.3 Å². The van der Waals surface area contributed by atoms with Crippen LogP contribution in [0.3, 0.4) is 0 Å². The van der Waals surface area contributed by atoms with Crippen LogP contribution in [0.15, 0.2) is 35.8 Å². The summed E-state index contributed by atoms with van der Waals surface area (Å²) in [6, 6.07) is 2.33. The minimum Gasteiger partial charge on any atom is -0.395 e. The molecule has 44 heavy (non-hydrogen) atoms. The van der Waals surface area contributed by atoms with E-state index in [0.29, 0.717) is 16.9 Å². The van der Waals surface area contributed by atoms with Crippen LogP contribution in [-0.4, -0.2) is 56.0 Å². The summed E-state index contributed by atoms with van der Waals surface area (Å²) in [6.07, 6.45) is 2.78. The molecule has 5 rings (SSSR count). The zero-order valence-corrected chi connectivity index (χ0v) is 25.0. The number of amides is 1. The van der Waals surface area contributed by atoms with E-state index in [1.807, 2.05) is 13.8 Å². The molecule has 1 aromatic carbocycles. The van der Waals surface area contributed by atoms with Crippen LogP contribution in [0.25, 0.3) is 28.0 Å². The van der Waals surface area contributed by atoms with Gasteiger partial charge in [-0.3, -0.25) is 9.78 Å². The standard InChI is InChI=1S/C30H28ClF4N7O2/c1-6-18(43)41-10-9-40(12-15(41)5)28-16-11-17(32)26(19-20(31)24(36)23(35)22(34)21(19)33)38-29(16)42(30(44)39-28)27-14(4)7-8-37-25(27)13(2)3/h6-8,11,13,15H,1,9-10,12,36H2,2-5H3/t15-/m1/s1. The highest BCUT2D eigenvalue weighted by atomic mass is 35.5. The fourth-order valence-electron chi connectivity index (χ4n) is 5.46. The molecule has 0 bridgehead atoms. The lowest BCUT2D eigenvalue weighted by Crippen LogP contribution is -2.54. The molecule has 14 heteroatoms. The van der Waals surface area contributed by atoms with Crippen molar-refractivity contribution in [3.05, 3.63) is 81.0 Å². The number of hydrogen-bond donors (Lipinski definition) is 1. The van der Waals surface area contributed by atoms with Crippen molar-refractivity contribution in [1.29, 1.82) is 0 Å². The molecule has 1 saturated heterocycles. The first kappa shape index (κ1) is 30.9. The summed E-state index contributed by atoms with van der Waals surface area (Å²) < 4.78 is 60.8. The monoisotopic (exact) mass is 629 g/mol. The normalized spacial score (nSPS) is 15.4. The topological polar surface area (TPSA) is 110 Å². The van der Waals surface area contributed by atoms with Gasteiger partial charge in [0, 0.05) is 31.9 Å². The number of anilines is 2. The van der Waals surface area contributed by atoms with Crippen molar-refractivity contribution >= 4 is 40.0 Å². The van der Waals surface area contributed by atoms with Crippen molar-refractivity contribution in [2.45, 2.75) is 39.7 Å². The van der Waals surface area contributed by atoms with Crippen LogP contribution in [0.1, 0.15) is 37.9 Å². The van der Waals surface area contributed by atoms with Gasteiger partial charge >= 0.3 is 5.69 Å². The number of aryl methyl sites for hydroxylation is 1. The van der Waals surface area contributed by atoms with E-state index in [4.69, 9.17) is 17.3 Å². The number of carbonyl (C=O) groups excluding carboxylic acids is 1. The van der Waals surface area contributed by atoms with E-state index in [1.54, 1.807) is 35.9 Å². The maximum atomic E-state index is 15.9. The molecule has 4 heterocycles. The number of rotatable bonds is 5. The first-order valence-electron chi connectivity index (χ1n) is 13.7. The molecule has 9 nitrogen and oxygen atoms in total. The minimum absolute atomic E-state index is 0.0617. The van der Waals surface area contributed by atoms with E-state index in [-0.39, 0.29) is 54.4 Å². The number of nitrogen functional groups attached to an aromatic ring is 1. The van der Waals surface area contributed by atoms with E-state index in [2.05, 4.69) is 21.5 Å². The molecular weight excluding hydrogens is 602 g/mol. The molecule has 0 spiro atoms. The lowest BCUT2D eigenvalue weighted by Gasteiger charge is -2.40. The van der Waals surface area contributed by atoms with Gasteiger partial charge in [0.25, 0.3) is 0 Å². The fraction of sp³-hybridized carbons (Fsp3) is 0.300. The van der Waals surface area contributed by atoms with Gasteiger partial charge in [-0.05, 0) is 43.5 Å². The number of hydrogen-bond acceptors (Lipinski definition) is 7. The van der Waals surface area contributed by atoms with Crippen LogP contribution in [-0.2, 0) is 4.79 Å². The van der Waals surface area contributed by atoms with Crippen LogP contribution in [0.4, 0.5) is 29.1 Å². The fourth-order valence-corrected chi connectivity index (χ4v) is 5.72. The summed E-state index contributed by atoms with van der Waals surface area (Å²) >= 11 is 6.12. The van der Waals surface area contributed by atoms with Crippen LogP contribution in [0.5, 0.6) is 0 Å². The highest BCUT2D eigenvalue weighted by Crippen LogP contribution is 2.40. The molecule has 1 atom stereocenters. The van der Waals surface area contributed by atoms with Gasteiger partial charge in [0.05, 0.1) is 33.0 Å².